The Bertz CT molecular complexity index is 514. The van der Waals surface area contributed by atoms with Gasteiger partial charge >= 0.3 is 17.6 Å². The van der Waals surface area contributed by atoms with Gasteiger partial charge in [-0.3, -0.25) is 0 Å². The molecule has 0 spiro atoms. The highest BCUT2D eigenvalue weighted by molar-refractivity contribution is 6.03. The van der Waals surface area contributed by atoms with Crippen LogP contribution < -0.4 is 5.63 Å². The lowest BCUT2D eigenvalue weighted by Crippen LogP contribution is -2.19. The van der Waals surface area contributed by atoms with Gasteiger partial charge in [-0.15, -0.1) is 0 Å². The van der Waals surface area contributed by atoms with Crippen molar-refractivity contribution in [2.45, 2.75) is 20.8 Å². The zero-order valence-electron chi connectivity index (χ0n) is 10.4. The molecule has 0 saturated carbocycles. The predicted molar refractivity (Wildman–Crippen MR) is 61.6 cm³/mol. The number of hydrogen-bond donors (Lipinski definition) is 0. The number of carbonyl (C=O) groups is 2. The summed E-state index contributed by atoms with van der Waals surface area (Å²) in [7, 11) is 0. The van der Waals surface area contributed by atoms with Crippen LogP contribution in [0, 0.1) is 6.92 Å². The largest absolute Gasteiger partial charge is 0.462 e. The van der Waals surface area contributed by atoms with Crippen LogP contribution in [0.15, 0.2) is 15.3 Å². The fourth-order valence-electron chi connectivity index (χ4n) is 1.44. The fraction of sp³-hybridized carbons (Fsp3) is 0.417. The third-order valence-electron chi connectivity index (χ3n) is 2.11. The summed E-state index contributed by atoms with van der Waals surface area (Å²) in [4.78, 5) is 34.6. The SMILES string of the molecule is CCOC(=O)c1cc(=O)oc(C)c1C(=O)OCC. The van der Waals surface area contributed by atoms with Gasteiger partial charge in [0.25, 0.3) is 0 Å². The van der Waals surface area contributed by atoms with Gasteiger partial charge in [0.1, 0.15) is 11.3 Å². The first-order valence-electron chi connectivity index (χ1n) is 5.50. The Hall–Kier alpha value is -2.11. The summed E-state index contributed by atoms with van der Waals surface area (Å²) in [6, 6.07) is 0.928. The normalized spacial score (nSPS) is 9.94. The van der Waals surface area contributed by atoms with Gasteiger partial charge in [0.05, 0.1) is 18.8 Å². The van der Waals surface area contributed by atoms with Crippen LogP contribution in [0.25, 0.3) is 0 Å². The van der Waals surface area contributed by atoms with Gasteiger partial charge in [-0.1, -0.05) is 0 Å². The molecule has 0 aliphatic carbocycles. The lowest BCUT2D eigenvalue weighted by molar-refractivity contribution is 0.0473. The number of ether oxygens (including phenoxy) is 2. The Morgan fingerprint density at radius 2 is 1.72 bits per heavy atom. The summed E-state index contributed by atoms with van der Waals surface area (Å²) in [6.07, 6.45) is 0. The van der Waals surface area contributed by atoms with E-state index < -0.39 is 17.6 Å². The third kappa shape index (κ3) is 2.97. The van der Waals surface area contributed by atoms with E-state index in [0.717, 1.165) is 6.07 Å². The van der Waals surface area contributed by atoms with E-state index in [2.05, 4.69) is 0 Å². The molecule has 98 valence electrons. The molecule has 1 heterocycles. The first-order chi connectivity index (χ1) is 8.51. The highest BCUT2D eigenvalue weighted by Crippen LogP contribution is 2.14. The minimum atomic E-state index is -0.753. The number of rotatable bonds is 4. The van der Waals surface area contributed by atoms with Crippen LogP contribution in [0.5, 0.6) is 0 Å². The first-order valence-corrected chi connectivity index (χ1v) is 5.50. The van der Waals surface area contributed by atoms with Crippen LogP contribution in [-0.2, 0) is 9.47 Å². The smallest absolute Gasteiger partial charge is 0.342 e. The molecule has 0 saturated heterocycles. The minimum Gasteiger partial charge on any atom is -0.462 e. The van der Waals surface area contributed by atoms with Crippen molar-refractivity contribution in [1.29, 1.82) is 0 Å². The van der Waals surface area contributed by atoms with E-state index in [4.69, 9.17) is 13.9 Å². The van der Waals surface area contributed by atoms with E-state index in [1.165, 1.54) is 6.92 Å². The monoisotopic (exact) mass is 254 g/mol. The molecule has 0 aliphatic rings. The van der Waals surface area contributed by atoms with Crippen molar-refractivity contribution >= 4 is 11.9 Å². The maximum absolute atomic E-state index is 11.7. The lowest BCUT2D eigenvalue weighted by atomic mass is 10.1. The predicted octanol–water partition coefficient (Wildman–Crippen LogP) is 1.30. The highest BCUT2D eigenvalue weighted by Gasteiger charge is 2.24. The quantitative estimate of drug-likeness (QED) is 0.753. The summed E-state index contributed by atoms with van der Waals surface area (Å²) >= 11 is 0. The third-order valence-corrected chi connectivity index (χ3v) is 2.11. The van der Waals surface area contributed by atoms with Crippen molar-refractivity contribution < 1.29 is 23.5 Å². The topological polar surface area (TPSA) is 82.8 Å². The summed E-state index contributed by atoms with van der Waals surface area (Å²) in [5, 5.41) is 0. The Balaban J connectivity index is 3.33. The van der Waals surface area contributed by atoms with Gasteiger partial charge in [0.2, 0.25) is 0 Å². The first kappa shape index (κ1) is 14.0. The van der Waals surface area contributed by atoms with Crippen LogP contribution in [0.1, 0.15) is 40.3 Å². The molecule has 0 radical (unpaired) electrons. The molecule has 0 unspecified atom stereocenters. The molecule has 1 rings (SSSR count). The molecule has 6 nitrogen and oxygen atoms in total. The van der Waals surface area contributed by atoms with E-state index >= 15 is 0 Å². The average Bonchev–Trinajstić information content (AvgIpc) is 2.28. The summed E-state index contributed by atoms with van der Waals surface area (Å²) in [5.74, 6) is -1.44. The van der Waals surface area contributed by atoms with Crippen LogP contribution in [-0.4, -0.2) is 25.2 Å². The standard InChI is InChI=1S/C12H14O6/c1-4-16-11(14)8-6-9(13)18-7(3)10(8)12(15)17-5-2/h6H,4-5H2,1-3H3. The van der Waals surface area contributed by atoms with Crippen molar-refractivity contribution in [3.05, 3.63) is 33.4 Å². The molecular weight excluding hydrogens is 240 g/mol. The van der Waals surface area contributed by atoms with Crippen molar-refractivity contribution in [2.75, 3.05) is 13.2 Å². The van der Waals surface area contributed by atoms with E-state index in [-0.39, 0.29) is 30.1 Å². The molecule has 18 heavy (non-hydrogen) atoms. The second-order valence-electron chi connectivity index (χ2n) is 3.35. The molecule has 0 atom stereocenters. The summed E-state index contributed by atoms with van der Waals surface area (Å²) in [6.45, 7) is 4.97. The van der Waals surface area contributed by atoms with E-state index in [0.29, 0.717) is 0 Å². The minimum absolute atomic E-state index is 0.0315. The highest BCUT2D eigenvalue weighted by atomic mass is 16.5. The van der Waals surface area contributed by atoms with Crippen LogP contribution in [0.3, 0.4) is 0 Å². The molecular formula is C12H14O6. The molecule has 1 aromatic heterocycles. The molecule has 0 aliphatic heterocycles. The van der Waals surface area contributed by atoms with Crippen molar-refractivity contribution in [3.63, 3.8) is 0 Å². The van der Waals surface area contributed by atoms with E-state index in [1.54, 1.807) is 13.8 Å². The summed E-state index contributed by atoms with van der Waals surface area (Å²) in [5.41, 5.74) is -0.928. The second-order valence-corrected chi connectivity index (χ2v) is 3.35. The molecule has 1 aromatic rings. The zero-order chi connectivity index (χ0) is 13.7. The molecule has 0 bridgehead atoms. The van der Waals surface area contributed by atoms with Crippen LogP contribution >= 0.6 is 0 Å². The molecule has 0 amide bonds. The van der Waals surface area contributed by atoms with Crippen molar-refractivity contribution in [2.24, 2.45) is 0 Å². The van der Waals surface area contributed by atoms with Gasteiger partial charge in [-0.05, 0) is 20.8 Å². The van der Waals surface area contributed by atoms with Crippen molar-refractivity contribution in [1.82, 2.24) is 0 Å². The Labute approximate surface area is 104 Å². The average molecular weight is 254 g/mol. The number of aryl methyl sites for hydroxylation is 1. The van der Waals surface area contributed by atoms with Gasteiger partial charge in [0.15, 0.2) is 0 Å². The van der Waals surface area contributed by atoms with Gasteiger partial charge in [-0.2, -0.15) is 0 Å². The molecule has 6 heteroatoms. The van der Waals surface area contributed by atoms with Crippen LogP contribution in [0.4, 0.5) is 0 Å². The van der Waals surface area contributed by atoms with Crippen molar-refractivity contribution in [3.8, 4) is 0 Å². The molecule has 0 aromatic carbocycles. The summed E-state index contributed by atoms with van der Waals surface area (Å²) < 4.78 is 14.4. The number of esters is 2. The van der Waals surface area contributed by atoms with Gasteiger partial charge < -0.3 is 13.9 Å². The van der Waals surface area contributed by atoms with Gasteiger partial charge in [-0.25, -0.2) is 14.4 Å². The van der Waals surface area contributed by atoms with Gasteiger partial charge in [0, 0.05) is 6.07 Å². The second kappa shape index (κ2) is 6.00. The maximum atomic E-state index is 11.7. The van der Waals surface area contributed by atoms with Crippen LogP contribution in [0.2, 0.25) is 0 Å². The maximum Gasteiger partial charge on any atom is 0.342 e. The Morgan fingerprint density at radius 1 is 1.17 bits per heavy atom. The van der Waals surface area contributed by atoms with E-state index in [1.807, 2.05) is 0 Å². The zero-order valence-corrected chi connectivity index (χ0v) is 10.4. The number of carbonyl (C=O) groups excluding carboxylic acids is 2. The lowest BCUT2D eigenvalue weighted by Gasteiger charge is -2.09. The Morgan fingerprint density at radius 3 is 2.28 bits per heavy atom. The van der Waals surface area contributed by atoms with E-state index in [9.17, 15) is 14.4 Å². The number of hydrogen-bond acceptors (Lipinski definition) is 6. The molecule has 0 fully saturated rings. The molecule has 0 N–H and O–H groups in total. The Kier molecular flexibility index (Phi) is 4.65. The fourth-order valence-corrected chi connectivity index (χ4v) is 1.44.